The van der Waals surface area contributed by atoms with E-state index in [2.05, 4.69) is 5.32 Å². The number of rotatable bonds is 5. The zero-order chi connectivity index (χ0) is 14.4. The van der Waals surface area contributed by atoms with Crippen LogP contribution in [0.5, 0.6) is 5.75 Å². The van der Waals surface area contributed by atoms with Gasteiger partial charge in [0.2, 0.25) is 0 Å². The third-order valence-corrected chi connectivity index (χ3v) is 3.95. The average Bonchev–Trinajstić information content (AvgIpc) is 2.73. The molecule has 4 heteroatoms. The molecule has 1 aliphatic rings. The van der Waals surface area contributed by atoms with Crippen molar-refractivity contribution < 1.29 is 14.6 Å². The van der Waals surface area contributed by atoms with Crippen LogP contribution >= 0.6 is 0 Å². The van der Waals surface area contributed by atoms with Crippen molar-refractivity contribution in [3.8, 4) is 5.75 Å². The van der Waals surface area contributed by atoms with Gasteiger partial charge in [0.05, 0.1) is 7.11 Å². The Hall–Kier alpha value is -1.55. The van der Waals surface area contributed by atoms with Crippen molar-refractivity contribution in [1.82, 2.24) is 5.32 Å². The van der Waals surface area contributed by atoms with Gasteiger partial charge < -0.3 is 9.84 Å². The molecule has 0 aliphatic heterocycles. The van der Waals surface area contributed by atoms with Crippen molar-refractivity contribution >= 4 is 5.97 Å². The minimum atomic E-state index is -0.820. The summed E-state index contributed by atoms with van der Waals surface area (Å²) in [5, 5.41) is 12.8. The molecule has 1 saturated carbocycles. The van der Waals surface area contributed by atoms with Gasteiger partial charge in [-0.15, -0.1) is 0 Å². The van der Waals surface area contributed by atoms with Crippen molar-refractivity contribution in [3.63, 3.8) is 0 Å². The Morgan fingerprint density at radius 1 is 1.20 bits per heavy atom. The Morgan fingerprint density at radius 2 is 1.80 bits per heavy atom. The van der Waals surface area contributed by atoms with E-state index in [0.29, 0.717) is 6.04 Å². The Morgan fingerprint density at radius 3 is 2.30 bits per heavy atom. The summed E-state index contributed by atoms with van der Waals surface area (Å²) in [6, 6.07) is 6.92. The van der Waals surface area contributed by atoms with Crippen LogP contribution in [0.4, 0.5) is 0 Å². The number of nitrogens with one attached hydrogen (secondary N) is 1. The molecule has 0 aromatic heterocycles. The highest BCUT2D eigenvalue weighted by Gasteiger charge is 2.23. The van der Waals surface area contributed by atoms with Gasteiger partial charge in [-0.2, -0.15) is 0 Å². The van der Waals surface area contributed by atoms with Gasteiger partial charge >= 0.3 is 5.97 Å². The molecule has 0 saturated heterocycles. The molecule has 1 aromatic carbocycles. The lowest BCUT2D eigenvalue weighted by atomic mass is 10.0. The molecule has 1 aliphatic carbocycles. The maximum Gasteiger partial charge on any atom is 0.325 e. The molecule has 0 bridgehead atoms. The van der Waals surface area contributed by atoms with Crippen LogP contribution in [0.3, 0.4) is 0 Å². The zero-order valence-corrected chi connectivity index (χ0v) is 12.0. The molecule has 2 N–H and O–H groups in total. The molecule has 1 atom stereocenters. The fourth-order valence-electron chi connectivity index (χ4n) is 2.79. The number of ether oxygens (including phenoxy) is 1. The predicted molar refractivity (Wildman–Crippen MR) is 78.0 cm³/mol. The van der Waals surface area contributed by atoms with Crippen LogP contribution in [0.1, 0.15) is 50.1 Å². The van der Waals surface area contributed by atoms with Gasteiger partial charge in [0.25, 0.3) is 0 Å². The summed E-state index contributed by atoms with van der Waals surface area (Å²) in [6.07, 6.45) is 7.04. The molecule has 0 heterocycles. The number of hydrogen-bond donors (Lipinski definition) is 2. The van der Waals surface area contributed by atoms with E-state index >= 15 is 0 Å². The lowest BCUT2D eigenvalue weighted by molar-refractivity contribution is -0.140. The summed E-state index contributed by atoms with van der Waals surface area (Å²) >= 11 is 0. The number of hydrogen-bond acceptors (Lipinski definition) is 3. The second kappa shape index (κ2) is 7.29. The van der Waals surface area contributed by atoms with Crippen LogP contribution in [-0.2, 0) is 4.79 Å². The number of benzene rings is 1. The second-order valence-electron chi connectivity index (χ2n) is 5.40. The number of carboxylic acids is 1. The molecule has 4 nitrogen and oxygen atoms in total. The predicted octanol–water partition coefficient (Wildman–Crippen LogP) is 3.13. The van der Waals surface area contributed by atoms with E-state index < -0.39 is 12.0 Å². The van der Waals surface area contributed by atoms with Gasteiger partial charge in [-0.05, 0) is 30.5 Å². The van der Waals surface area contributed by atoms with Crippen LogP contribution in [0.2, 0.25) is 0 Å². The lowest BCUT2D eigenvalue weighted by Crippen LogP contribution is -2.36. The molecule has 1 aromatic rings. The van der Waals surface area contributed by atoms with Crippen LogP contribution in [0, 0.1) is 0 Å². The monoisotopic (exact) mass is 277 g/mol. The summed E-state index contributed by atoms with van der Waals surface area (Å²) in [7, 11) is 1.60. The number of methoxy groups -OCH3 is 1. The molecular formula is C16H23NO3. The third kappa shape index (κ3) is 3.97. The van der Waals surface area contributed by atoms with Gasteiger partial charge in [-0.25, -0.2) is 0 Å². The first-order valence-corrected chi connectivity index (χ1v) is 7.33. The SMILES string of the molecule is COc1ccc(C(NC2CCCCCC2)C(=O)O)cc1. The first-order valence-electron chi connectivity index (χ1n) is 7.33. The second-order valence-corrected chi connectivity index (χ2v) is 5.40. The van der Waals surface area contributed by atoms with Crippen molar-refractivity contribution in [2.24, 2.45) is 0 Å². The van der Waals surface area contributed by atoms with E-state index in [1.807, 2.05) is 12.1 Å². The van der Waals surface area contributed by atoms with Crippen molar-refractivity contribution in [3.05, 3.63) is 29.8 Å². The van der Waals surface area contributed by atoms with Crippen LogP contribution in [-0.4, -0.2) is 24.2 Å². The maximum absolute atomic E-state index is 11.5. The lowest BCUT2D eigenvalue weighted by Gasteiger charge is -2.22. The number of carbonyl (C=O) groups is 1. The van der Waals surface area contributed by atoms with Gasteiger partial charge in [0, 0.05) is 6.04 Å². The molecule has 1 fully saturated rings. The molecule has 0 radical (unpaired) electrons. The third-order valence-electron chi connectivity index (χ3n) is 3.95. The highest BCUT2D eigenvalue weighted by molar-refractivity contribution is 5.75. The smallest absolute Gasteiger partial charge is 0.325 e. The van der Waals surface area contributed by atoms with E-state index in [9.17, 15) is 9.90 Å². The van der Waals surface area contributed by atoms with Crippen molar-refractivity contribution in [2.75, 3.05) is 7.11 Å². The topological polar surface area (TPSA) is 58.6 Å². The standard InChI is InChI=1S/C16H23NO3/c1-20-14-10-8-12(9-11-14)15(16(18)19)17-13-6-4-2-3-5-7-13/h8-11,13,15,17H,2-7H2,1H3,(H,18,19). The van der Waals surface area contributed by atoms with Crippen molar-refractivity contribution in [1.29, 1.82) is 0 Å². The average molecular weight is 277 g/mol. The Balaban J connectivity index is 2.07. The minimum Gasteiger partial charge on any atom is -0.497 e. The van der Waals surface area contributed by atoms with E-state index in [4.69, 9.17) is 4.74 Å². The summed E-state index contributed by atoms with van der Waals surface area (Å²) < 4.78 is 5.11. The first-order chi connectivity index (χ1) is 9.70. The summed E-state index contributed by atoms with van der Waals surface area (Å²) in [6.45, 7) is 0. The van der Waals surface area contributed by atoms with E-state index in [1.54, 1.807) is 19.2 Å². The largest absolute Gasteiger partial charge is 0.497 e. The van der Waals surface area contributed by atoms with Crippen LogP contribution in [0.25, 0.3) is 0 Å². The minimum absolute atomic E-state index is 0.306. The quantitative estimate of drug-likeness (QED) is 0.812. The zero-order valence-electron chi connectivity index (χ0n) is 12.0. The summed E-state index contributed by atoms with van der Waals surface area (Å²) in [5.41, 5.74) is 0.780. The van der Waals surface area contributed by atoms with Crippen LogP contribution < -0.4 is 10.1 Å². The van der Waals surface area contributed by atoms with E-state index in [1.165, 1.54) is 25.7 Å². The van der Waals surface area contributed by atoms with Gasteiger partial charge in [0.1, 0.15) is 11.8 Å². The van der Waals surface area contributed by atoms with E-state index in [0.717, 1.165) is 24.2 Å². The highest BCUT2D eigenvalue weighted by Crippen LogP contribution is 2.23. The van der Waals surface area contributed by atoms with Gasteiger partial charge in [-0.1, -0.05) is 37.8 Å². The molecular weight excluding hydrogens is 254 g/mol. The number of carboxylic acid groups (broad SMARTS) is 1. The maximum atomic E-state index is 11.5. The fourth-order valence-corrected chi connectivity index (χ4v) is 2.79. The first kappa shape index (κ1) is 14.9. The molecule has 20 heavy (non-hydrogen) atoms. The molecule has 110 valence electrons. The van der Waals surface area contributed by atoms with Gasteiger partial charge in [0.15, 0.2) is 0 Å². The summed E-state index contributed by atoms with van der Waals surface area (Å²) in [4.78, 5) is 11.5. The molecule has 1 unspecified atom stereocenters. The van der Waals surface area contributed by atoms with E-state index in [-0.39, 0.29) is 0 Å². The highest BCUT2D eigenvalue weighted by atomic mass is 16.5. The Kier molecular flexibility index (Phi) is 5.41. The summed E-state index contributed by atoms with van der Waals surface area (Å²) in [5.74, 6) is -0.0771. The van der Waals surface area contributed by atoms with Gasteiger partial charge in [-0.3, -0.25) is 10.1 Å². The number of aliphatic carboxylic acids is 1. The fraction of sp³-hybridized carbons (Fsp3) is 0.562. The Bertz CT molecular complexity index is 422. The molecule has 0 spiro atoms. The normalized spacial score (nSPS) is 18.2. The Labute approximate surface area is 120 Å². The van der Waals surface area contributed by atoms with Crippen molar-refractivity contribution in [2.45, 2.75) is 50.6 Å². The molecule has 0 amide bonds. The van der Waals surface area contributed by atoms with Crippen LogP contribution in [0.15, 0.2) is 24.3 Å². The molecule has 2 rings (SSSR count).